The van der Waals surface area contributed by atoms with Crippen molar-refractivity contribution in [1.29, 1.82) is 0 Å². The SMILES string of the molecule is CCCNC(CCc1nccn1C)c1ccc(F)cc1Cl. The molecule has 0 spiro atoms. The smallest absolute Gasteiger partial charge is 0.124 e. The van der Waals surface area contributed by atoms with Gasteiger partial charge in [0.25, 0.3) is 0 Å². The molecule has 0 aliphatic rings. The van der Waals surface area contributed by atoms with Gasteiger partial charge in [-0.15, -0.1) is 0 Å². The van der Waals surface area contributed by atoms with E-state index in [-0.39, 0.29) is 11.9 Å². The lowest BCUT2D eigenvalue weighted by Gasteiger charge is -2.20. The molecule has 114 valence electrons. The lowest BCUT2D eigenvalue weighted by molar-refractivity contribution is 0.490. The molecule has 3 nitrogen and oxygen atoms in total. The standard InChI is InChI=1S/C16H21ClFN3/c1-3-8-19-15(6-7-16-20-9-10-21(16)2)13-5-4-12(18)11-14(13)17/h4-5,9-11,15,19H,3,6-8H2,1-2H3. The van der Waals surface area contributed by atoms with E-state index in [2.05, 4.69) is 17.2 Å². The molecule has 21 heavy (non-hydrogen) atoms. The van der Waals surface area contributed by atoms with Gasteiger partial charge >= 0.3 is 0 Å². The Morgan fingerprint density at radius 2 is 2.24 bits per heavy atom. The molecule has 1 atom stereocenters. The van der Waals surface area contributed by atoms with Crippen LogP contribution in [0.25, 0.3) is 0 Å². The monoisotopic (exact) mass is 309 g/mol. The molecular weight excluding hydrogens is 289 g/mol. The zero-order valence-electron chi connectivity index (χ0n) is 12.4. The maximum Gasteiger partial charge on any atom is 0.124 e. The Kier molecular flexibility index (Phi) is 5.76. The lowest BCUT2D eigenvalue weighted by atomic mass is 10.0. The summed E-state index contributed by atoms with van der Waals surface area (Å²) in [7, 11) is 1.99. The molecule has 5 heteroatoms. The van der Waals surface area contributed by atoms with Gasteiger partial charge in [0.1, 0.15) is 11.6 Å². The highest BCUT2D eigenvalue weighted by Gasteiger charge is 2.15. The maximum atomic E-state index is 13.2. The molecule has 0 radical (unpaired) electrons. The van der Waals surface area contributed by atoms with Gasteiger partial charge in [0, 0.05) is 36.9 Å². The van der Waals surface area contributed by atoms with E-state index in [0.717, 1.165) is 37.2 Å². The average molecular weight is 310 g/mol. The van der Waals surface area contributed by atoms with Gasteiger partial charge in [-0.1, -0.05) is 24.6 Å². The summed E-state index contributed by atoms with van der Waals surface area (Å²) in [6, 6.07) is 4.71. The van der Waals surface area contributed by atoms with E-state index in [0.29, 0.717) is 5.02 Å². The van der Waals surface area contributed by atoms with E-state index in [4.69, 9.17) is 11.6 Å². The topological polar surface area (TPSA) is 29.9 Å². The molecule has 0 saturated heterocycles. The first-order valence-electron chi connectivity index (χ1n) is 7.26. The normalized spacial score (nSPS) is 12.6. The van der Waals surface area contributed by atoms with Crippen LogP contribution in [0.5, 0.6) is 0 Å². The van der Waals surface area contributed by atoms with Gasteiger partial charge in [-0.2, -0.15) is 0 Å². The molecule has 0 aliphatic carbocycles. The number of nitrogens with one attached hydrogen (secondary N) is 1. The van der Waals surface area contributed by atoms with Gasteiger partial charge in [0.05, 0.1) is 0 Å². The van der Waals surface area contributed by atoms with Crippen LogP contribution in [0.15, 0.2) is 30.6 Å². The van der Waals surface area contributed by atoms with Gasteiger partial charge in [0.15, 0.2) is 0 Å². The Bertz CT molecular complexity index is 583. The van der Waals surface area contributed by atoms with Gasteiger partial charge in [-0.05, 0) is 37.1 Å². The quantitative estimate of drug-likeness (QED) is 0.841. The zero-order valence-corrected chi connectivity index (χ0v) is 13.2. The molecule has 0 aliphatic heterocycles. The second kappa shape index (κ2) is 7.57. The first-order chi connectivity index (χ1) is 10.1. The molecule has 1 unspecified atom stereocenters. The molecule has 0 fully saturated rings. The van der Waals surface area contributed by atoms with Crippen molar-refractivity contribution >= 4 is 11.6 Å². The van der Waals surface area contributed by atoms with Crippen LogP contribution in [0.2, 0.25) is 5.02 Å². The van der Waals surface area contributed by atoms with Crippen LogP contribution in [0, 0.1) is 5.82 Å². The summed E-state index contributed by atoms with van der Waals surface area (Å²) >= 11 is 6.19. The third-order valence-corrected chi connectivity index (χ3v) is 3.88. The Hall–Kier alpha value is -1.39. The van der Waals surface area contributed by atoms with E-state index in [1.54, 1.807) is 12.3 Å². The first kappa shape index (κ1) is 16.0. The van der Waals surface area contributed by atoms with E-state index in [1.165, 1.54) is 12.1 Å². The molecule has 2 rings (SSSR count). The minimum absolute atomic E-state index is 0.106. The minimum Gasteiger partial charge on any atom is -0.338 e. The van der Waals surface area contributed by atoms with E-state index >= 15 is 0 Å². The molecular formula is C16H21ClFN3. The van der Waals surface area contributed by atoms with Crippen molar-refractivity contribution in [3.8, 4) is 0 Å². The van der Waals surface area contributed by atoms with Crippen molar-refractivity contribution in [2.24, 2.45) is 7.05 Å². The molecule has 1 aromatic heterocycles. The van der Waals surface area contributed by atoms with Gasteiger partial charge in [-0.3, -0.25) is 0 Å². The van der Waals surface area contributed by atoms with E-state index < -0.39 is 0 Å². The van der Waals surface area contributed by atoms with Crippen molar-refractivity contribution < 1.29 is 4.39 Å². The summed E-state index contributed by atoms with van der Waals surface area (Å²) in [5.74, 6) is 0.735. The largest absolute Gasteiger partial charge is 0.338 e. The lowest BCUT2D eigenvalue weighted by Crippen LogP contribution is -2.23. The minimum atomic E-state index is -0.304. The molecule has 0 saturated carbocycles. The summed E-state index contributed by atoms with van der Waals surface area (Å²) in [5.41, 5.74) is 0.945. The summed E-state index contributed by atoms with van der Waals surface area (Å²) in [6.07, 6.45) is 6.50. The highest BCUT2D eigenvalue weighted by molar-refractivity contribution is 6.31. The molecule has 2 aromatic rings. The second-order valence-corrected chi connectivity index (χ2v) is 5.57. The average Bonchev–Trinajstić information content (AvgIpc) is 2.85. The molecule has 1 N–H and O–H groups in total. The highest BCUT2D eigenvalue weighted by Crippen LogP contribution is 2.27. The zero-order chi connectivity index (χ0) is 15.2. The summed E-state index contributed by atoms with van der Waals surface area (Å²) in [4.78, 5) is 4.34. The van der Waals surface area contributed by atoms with Gasteiger partial charge in [0.2, 0.25) is 0 Å². The number of hydrogen-bond donors (Lipinski definition) is 1. The van der Waals surface area contributed by atoms with Crippen LogP contribution in [0.3, 0.4) is 0 Å². The van der Waals surface area contributed by atoms with Crippen molar-refractivity contribution in [2.45, 2.75) is 32.2 Å². The third-order valence-electron chi connectivity index (χ3n) is 3.56. The number of imidazole rings is 1. The highest BCUT2D eigenvalue weighted by atomic mass is 35.5. The van der Waals surface area contributed by atoms with Crippen LogP contribution in [-0.4, -0.2) is 16.1 Å². The number of aromatic nitrogens is 2. The van der Waals surface area contributed by atoms with Crippen molar-refractivity contribution in [3.63, 3.8) is 0 Å². The summed E-state index contributed by atoms with van der Waals surface area (Å²) < 4.78 is 15.2. The van der Waals surface area contributed by atoms with Crippen LogP contribution in [-0.2, 0) is 13.5 Å². The number of halogens is 2. The van der Waals surface area contributed by atoms with Crippen LogP contribution in [0.1, 0.15) is 37.2 Å². The maximum absolute atomic E-state index is 13.2. The Labute approximate surface area is 130 Å². The van der Waals surface area contributed by atoms with Crippen LogP contribution < -0.4 is 5.32 Å². The number of benzene rings is 1. The Morgan fingerprint density at radius 1 is 1.43 bits per heavy atom. The molecule has 1 aromatic carbocycles. The fourth-order valence-electron chi connectivity index (χ4n) is 2.38. The van der Waals surface area contributed by atoms with Gasteiger partial charge < -0.3 is 9.88 Å². The van der Waals surface area contributed by atoms with E-state index in [1.807, 2.05) is 17.8 Å². The van der Waals surface area contributed by atoms with Crippen molar-refractivity contribution in [3.05, 3.63) is 52.8 Å². The molecule has 0 amide bonds. The number of rotatable bonds is 7. The van der Waals surface area contributed by atoms with Gasteiger partial charge in [-0.25, -0.2) is 9.37 Å². The fraction of sp³-hybridized carbons (Fsp3) is 0.438. The predicted molar refractivity (Wildman–Crippen MR) is 84.0 cm³/mol. The van der Waals surface area contributed by atoms with E-state index in [9.17, 15) is 4.39 Å². The third kappa shape index (κ3) is 4.29. The summed E-state index contributed by atoms with van der Waals surface area (Å²) in [5, 5.41) is 3.96. The Morgan fingerprint density at radius 3 is 2.86 bits per heavy atom. The van der Waals surface area contributed by atoms with Crippen molar-refractivity contribution in [1.82, 2.24) is 14.9 Å². The molecule has 0 bridgehead atoms. The molecule has 1 heterocycles. The fourth-order valence-corrected chi connectivity index (χ4v) is 2.68. The summed E-state index contributed by atoms with van der Waals surface area (Å²) in [6.45, 7) is 3.02. The Balaban J connectivity index is 2.12. The predicted octanol–water partition coefficient (Wildman–Crippen LogP) is 3.89. The van der Waals surface area contributed by atoms with Crippen LogP contribution in [0.4, 0.5) is 4.39 Å². The number of hydrogen-bond acceptors (Lipinski definition) is 2. The number of aryl methyl sites for hydroxylation is 2. The van der Waals surface area contributed by atoms with Crippen molar-refractivity contribution in [2.75, 3.05) is 6.54 Å². The second-order valence-electron chi connectivity index (χ2n) is 5.17. The first-order valence-corrected chi connectivity index (χ1v) is 7.64. The van der Waals surface area contributed by atoms with Crippen LogP contribution >= 0.6 is 11.6 Å². The number of nitrogens with zero attached hydrogens (tertiary/aromatic N) is 2.